The molecular formula is C28H35F3N6O. The number of benzene rings is 1. The first-order valence-corrected chi connectivity index (χ1v) is 13.1. The average Bonchev–Trinajstić information content (AvgIpc) is 3.32. The molecule has 2 aliphatic heterocycles. The Morgan fingerprint density at radius 2 is 1.95 bits per heavy atom. The van der Waals surface area contributed by atoms with E-state index in [0.717, 1.165) is 47.6 Å². The van der Waals surface area contributed by atoms with E-state index in [4.69, 9.17) is 4.98 Å². The van der Waals surface area contributed by atoms with Crippen molar-refractivity contribution in [1.82, 2.24) is 24.6 Å². The van der Waals surface area contributed by atoms with Gasteiger partial charge in [-0.15, -0.1) is 0 Å². The van der Waals surface area contributed by atoms with Crippen LogP contribution in [0, 0.1) is 0 Å². The van der Waals surface area contributed by atoms with Crippen LogP contribution in [0.5, 0.6) is 0 Å². The lowest BCUT2D eigenvalue weighted by molar-refractivity contribution is -0.0865. The lowest BCUT2D eigenvalue weighted by Gasteiger charge is -2.43. The Kier molecular flexibility index (Phi) is 7.74. The summed E-state index contributed by atoms with van der Waals surface area (Å²) in [7, 11) is 1.87. The van der Waals surface area contributed by atoms with E-state index in [1.165, 1.54) is 0 Å². The summed E-state index contributed by atoms with van der Waals surface area (Å²) in [6, 6.07) is 9.60. The SMILES string of the molecule is C[C@@H]1Cc2cc(-c3cnn(C)c3)ccc2[C@@H](c2ccc(NC3CN(CCCF)C3)cn2)N1CC(F)(F)CO. The third-order valence-corrected chi connectivity index (χ3v) is 7.54. The lowest BCUT2D eigenvalue weighted by Crippen LogP contribution is -2.54. The van der Waals surface area contributed by atoms with Crippen molar-refractivity contribution in [2.75, 3.05) is 44.8 Å². The van der Waals surface area contributed by atoms with Crippen molar-refractivity contribution in [3.63, 3.8) is 0 Å². The summed E-state index contributed by atoms with van der Waals surface area (Å²) in [6.07, 6.45) is 6.69. The van der Waals surface area contributed by atoms with E-state index in [1.807, 2.05) is 50.6 Å². The van der Waals surface area contributed by atoms with E-state index < -0.39 is 25.1 Å². The summed E-state index contributed by atoms with van der Waals surface area (Å²) >= 11 is 0. The van der Waals surface area contributed by atoms with E-state index in [2.05, 4.69) is 21.4 Å². The second-order valence-electron chi connectivity index (χ2n) is 10.6. The number of aryl methyl sites for hydroxylation is 1. The summed E-state index contributed by atoms with van der Waals surface area (Å²) in [5, 5.41) is 17.0. The molecule has 1 saturated heterocycles. The number of likely N-dealkylation sites (tertiary alicyclic amines) is 1. The monoisotopic (exact) mass is 528 g/mol. The van der Waals surface area contributed by atoms with Gasteiger partial charge in [0, 0.05) is 44.5 Å². The largest absolute Gasteiger partial charge is 0.390 e. The summed E-state index contributed by atoms with van der Waals surface area (Å²) in [5.41, 5.74) is 5.63. The molecule has 2 atom stereocenters. The Morgan fingerprint density at radius 3 is 2.61 bits per heavy atom. The molecule has 1 aromatic carbocycles. The molecule has 0 bridgehead atoms. The van der Waals surface area contributed by atoms with Crippen molar-refractivity contribution in [2.45, 2.75) is 43.8 Å². The predicted molar refractivity (Wildman–Crippen MR) is 141 cm³/mol. The standard InChI is InChI=1S/C28H35F3N6O/c1-19-10-21-11-20(22-12-33-35(2)14-22)4-6-25(21)27(37(19)17-28(30,31)18-38)26-7-5-23(13-32-26)34-24-15-36(16-24)9-3-8-29/h4-7,11-14,19,24,27,34,38H,3,8-10,15-18H2,1-2H3/t19-,27+/m1/s1. The summed E-state index contributed by atoms with van der Waals surface area (Å²) in [5.74, 6) is -3.22. The molecule has 5 rings (SSSR count). The fraction of sp³-hybridized carbons (Fsp3) is 0.500. The van der Waals surface area contributed by atoms with Crippen molar-refractivity contribution in [2.24, 2.45) is 7.05 Å². The number of nitrogens with zero attached hydrogens (tertiary/aromatic N) is 5. The highest BCUT2D eigenvalue weighted by Crippen LogP contribution is 2.40. The lowest BCUT2D eigenvalue weighted by atomic mass is 9.85. The summed E-state index contributed by atoms with van der Waals surface area (Å²) < 4.78 is 43.1. The van der Waals surface area contributed by atoms with Crippen LogP contribution in [0.3, 0.4) is 0 Å². The van der Waals surface area contributed by atoms with Crippen LogP contribution in [0.25, 0.3) is 11.1 Å². The van der Waals surface area contributed by atoms with Crippen LogP contribution in [0.4, 0.5) is 18.9 Å². The zero-order valence-corrected chi connectivity index (χ0v) is 21.8. The van der Waals surface area contributed by atoms with Gasteiger partial charge in [0.05, 0.1) is 49.1 Å². The van der Waals surface area contributed by atoms with Crippen LogP contribution in [-0.2, 0) is 13.5 Å². The first kappa shape index (κ1) is 26.6. The molecule has 0 unspecified atom stereocenters. The van der Waals surface area contributed by atoms with E-state index in [1.54, 1.807) is 15.8 Å². The van der Waals surface area contributed by atoms with Gasteiger partial charge in [-0.2, -0.15) is 5.10 Å². The third-order valence-electron chi connectivity index (χ3n) is 7.54. The molecule has 204 valence electrons. The van der Waals surface area contributed by atoms with Gasteiger partial charge in [0.15, 0.2) is 0 Å². The first-order chi connectivity index (χ1) is 18.3. The highest BCUT2D eigenvalue weighted by molar-refractivity contribution is 5.64. The van der Waals surface area contributed by atoms with Crippen LogP contribution >= 0.6 is 0 Å². The molecule has 1 fully saturated rings. The number of anilines is 1. The Bertz CT molecular complexity index is 1230. The molecule has 2 N–H and O–H groups in total. The number of rotatable bonds is 10. The maximum atomic E-state index is 14.5. The molecule has 2 aliphatic rings. The summed E-state index contributed by atoms with van der Waals surface area (Å²) in [4.78, 5) is 8.68. The number of nitrogens with one attached hydrogen (secondary N) is 1. The van der Waals surface area contributed by atoms with Crippen LogP contribution in [0.2, 0.25) is 0 Å². The molecule has 10 heteroatoms. The second kappa shape index (κ2) is 11.0. The maximum Gasteiger partial charge on any atom is 0.283 e. The van der Waals surface area contributed by atoms with Gasteiger partial charge in [-0.25, -0.2) is 8.78 Å². The van der Waals surface area contributed by atoms with Gasteiger partial charge in [0.1, 0.15) is 6.61 Å². The minimum Gasteiger partial charge on any atom is -0.390 e. The molecule has 38 heavy (non-hydrogen) atoms. The fourth-order valence-electron chi connectivity index (χ4n) is 5.58. The van der Waals surface area contributed by atoms with Crippen molar-refractivity contribution in [1.29, 1.82) is 0 Å². The number of pyridine rings is 1. The predicted octanol–water partition coefficient (Wildman–Crippen LogP) is 3.90. The quantitative estimate of drug-likeness (QED) is 0.416. The number of hydrogen-bond acceptors (Lipinski definition) is 6. The van der Waals surface area contributed by atoms with Crippen LogP contribution in [0.1, 0.15) is 36.2 Å². The highest BCUT2D eigenvalue weighted by atomic mass is 19.3. The second-order valence-corrected chi connectivity index (χ2v) is 10.6. The van der Waals surface area contributed by atoms with Gasteiger partial charge in [0.25, 0.3) is 5.92 Å². The Labute approximate surface area is 221 Å². The molecule has 0 amide bonds. The number of aliphatic hydroxyl groups excluding tert-OH is 1. The van der Waals surface area contributed by atoms with Gasteiger partial charge < -0.3 is 10.4 Å². The zero-order chi connectivity index (χ0) is 26.9. The number of hydrogen-bond donors (Lipinski definition) is 2. The number of halogens is 3. The molecule has 0 spiro atoms. The van der Waals surface area contributed by atoms with Gasteiger partial charge in [0.2, 0.25) is 0 Å². The van der Waals surface area contributed by atoms with Crippen molar-refractivity contribution in [3.05, 3.63) is 65.7 Å². The summed E-state index contributed by atoms with van der Waals surface area (Å²) in [6.45, 7) is 2.38. The van der Waals surface area contributed by atoms with Crippen molar-refractivity contribution < 1.29 is 18.3 Å². The fourth-order valence-corrected chi connectivity index (χ4v) is 5.58. The van der Waals surface area contributed by atoms with Crippen LogP contribution in [-0.4, -0.2) is 87.1 Å². The molecule has 0 aliphatic carbocycles. The zero-order valence-electron chi connectivity index (χ0n) is 21.8. The van der Waals surface area contributed by atoms with Gasteiger partial charge in [-0.3, -0.25) is 23.9 Å². The number of fused-ring (bicyclic) bond motifs is 1. The van der Waals surface area contributed by atoms with Gasteiger partial charge in [-0.05, 0) is 48.6 Å². The molecule has 0 radical (unpaired) electrons. The number of alkyl halides is 3. The van der Waals surface area contributed by atoms with Crippen molar-refractivity contribution in [3.8, 4) is 11.1 Å². The minimum absolute atomic E-state index is 0.182. The van der Waals surface area contributed by atoms with E-state index in [-0.39, 0.29) is 18.8 Å². The maximum absolute atomic E-state index is 14.5. The number of aromatic nitrogens is 3. The van der Waals surface area contributed by atoms with Crippen LogP contribution in [0.15, 0.2) is 48.9 Å². The van der Waals surface area contributed by atoms with E-state index in [0.29, 0.717) is 18.5 Å². The van der Waals surface area contributed by atoms with E-state index >= 15 is 0 Å². The smallest absolute Gasteiger partial charge is 0.283 e. The normalized spacial score (nSPS) is 20.8. The average molecular weight is 529 g/mol. The minimum atomic E-state index is -3.22. The molecule has 4 heterocycles. The Balaban J connectivity index is 1.40. The molecule has 3 aromatic rings. The topological polar surface area (TPSA) is 69.5 Å². The van der Waals surface area contributed by atoms with Gasteiger partial charge >= 0.3 is 0 Å². The Hall–Kier alpha value is -2.95. The first-order valence-electron chi connectivity index (χ1n) is 13.1. The highest BCUT2D eigenvalue weighted by Gasteiger charge is 2.41. The van der Waals surface area contributed by atoms with Crippen molar-refractivity contribution >= 4 is 5.69 Å². The Morgan fingerprint density at radius 1 is 1.13 bits per heavy atom. The van der Waals surface area contributed by atoms with Gasteiger partial charge in [-0.1, -0.05) is 18.2 Å². The molecule has 0 saturated carbocycles. The molecule has 7 nitrogen and oxygen atoms in total. The van der Waals surface area contributed by atoms with E-state index in [9.17, 15) is 18.3 Å². The third kappa shape index (κ3) is 5.72. The number of aliphatic hydroxyl groups is 1. The molecular weight excluding hydrogens is 493 g/mol. The van der Waals surface area contributed by atoms with Crippen LogP contribution < -0.4 is 5.32 Å². The molecule has 2 aromatic heterocycles.